The van der Waals surface area contributed by atoms with Crippen LogP contribution in [0.15, 0.2) is 18.3 Å². The summed E-state index contributed by atoms with van der Waals surface area (Å²) in [4.78, 5) is 6.37. The van der Waals surface area contributed by atoms with Crippen molar-refractivity contribution in [1.29, 1.82) is 0 Å². The molecule has 0 saturated carbocycles. The molecular weight excluding hydrogens is 202 g/mol. The number of nitrogen functional groups attached to an aromatic ring is 1. The fourth-order valence-corrected chi connectivity index (χ4v) is 1.85. The van der Waals surface area contributed by atoms with Crippen LogP contribution in [0.2, 0.25) is 0 Å². The second-order valence-corrected chi connectivity index (χ2v) is 4.04. The quantitative estimate of drug-likeness (QED) is 0.819. The zero-order valence-electron chi connectivity index (χ0n) is 9.73. The zero-order chi connectivity index (χ0) is 11.5. The third-order valence-corrected chi connectivity index (χ3v) is 2.72. The minimum Gasteiger partial charge on any atom is -0.395 e. The predicted octanol–water partition coefficient (Wildman–Crippen LogP) is 1.53. The van der Waals surface area contributed by atoms with Gasteiger partial charge in [-0.1, -0.05) is 6.08 Å². The van der Waals surface area contributed by atoms with E-state index in [1.165, 1.54) is 5.57 Å². The monoisotopic (exact) mass is 219 g/mol. The minimum absolute atomic E-state index is 0.655. The van der Waals surface area contributed by atoms with E-state index in [-0.39, 0.29) is 0 Å². The summed E-state index contributed by atoms with van der Waals surface area (Å²) in [6.07, 6.45) is 4.74. The molecule has 1 aromatic heterocycles. The number of hydrogen-bond donors (Lipinski definition) is 1. The van der Waals surface area contributed by atoms with Crippen LogP contribution >= 0.6 is 0 Å². The molecule has 2 heterocycles. The molecule has 0 atom stereocenters. The molecule has 1 aromatic rings. The Morgan fingerprint density at radius 3 is 2.88 bits per heavy atom. The Morgan fingerprint density at radius 1 is 1.44 bits per heavy atom. The maximum absolute atomic E-state index is 6.13. The van der Waals surface area contributed by atoms with Gasteiger partial charge in [0.1, 0.15) is 0 Å². The zero-order valence-corrected chi connectivity index (χ0v) is 9.73. The van der Waals surface area contributed by atoms with Gasteiger partial charge in [0.05, 0.1) is 30.3 Å². The Balaban J connectivity index is 2.41. The maximum Gasteiger partial charge on any atom is 0.0910 e. The molecule has 0 aromatic carbocycles. The number of rotatable bonds is 2. The Hall–Kier alpha value is -1.55. The van der Waals surface area contributed by atoms with E-state index >= 15 is 0 Å². The number of aromatic nitrogens is 1. The largest absolute Gasteiger partial charge is 0.395 e. The predicted molar refractivity (Wildman–Crippen MR) is 66.4 cm³/mol. The average Bonchev–Trinajstić information content (AvgIpc) is 2.30. The average molecular weight is 219 g/mol. The van der Waals surface area contributed by atoms with Crippen LogP contribution in [0.3, 0.4) is 0 Å². The van der Waals surface area contributed by atoms with Crippen LogP contribution in [0, 0.1) is 0 Å². The van der Waals surface area contributed by atoms with Crippen LogP contribution in [-0.4, -0.2) is 32.3 Å². The van der Waals surface area contributed by atoms with Crippen LogP contribution in [-0.2, 0) is 4.74 Å². The standard InChI is InChI=1S/C12H17N3O/c1-15(2)10-3-6-14-12(11(10)13)9-4-7-16-8-5-9/h3-4,6H,5,7-8,13H2,1-2H3. The fraction of sp³-hybridized carbons (Fsp3) is 0.417. The molecule has 0 spiro atoms. The summed E-state index contributed by atoms with van der Waals surface area (Å²) in [7, 11) is 3.96. The van der Waals surface area contributed by atoms with E-state index in [0.717, 1.165) is 30.1 Å². The SMILES string of the molecule is CN(C)c1ccnc(C2=CCOCC2)c1N. The van der Waals surface area contributed by atoms with Crippen LogP contribution in [0.5, 0.6) is 0 Å². The van der Waals surface area contributed by atoms with E-state index in [1.807, 2.05) is 25.1 Å². The van der Waals surface area contributed by atoms with Gasteiger partial charge >= 0.3 is 0 Å². The lowest BCUT2D eigenvalue weighted by molar-refractivity contribution is 0.161. The number of hydrogen-bond acceptors (Lipinski definition) is 4. The molecule has 16 heavy (non-hydrogen) atoms. The topological polar surface area (TPSA) is 51.4 Å². The van der Waals surface area contributed by atoms with Crippen molar-refractivity contribution >= 4 is 16.9 Å². The summed E-state index contributed by atoms with van der Waals surface area (Å²) in [6.45, 7) is 1.40. The normalized spacial score (nSPS) is 15.8. The summed E-state index contributed by atoms with van der Waals surface area (Å²) >= 11 is 0. The first kappa shape index (κ1) is 11.0. The van der Waals surface area contributed by atoms with Crippen molar-refractivity contribution in [2.24, 2.45) is 0 Å². The van der Waals surface area contributed by atoms with E-state index in [9.17, 15) is 0 Å². The van der Waals surface area contributed by atoms with Crippen molar-refractivity contribution in [3.8, 4) is 0 Å². The van der Waals surface area contributed by atoms with Crippen molar-refractivity contribution in [2.75, 3.05) is 37.9 Å². The molecule has 0 unspecified atom stereocenters. The third kappa shape index (κ3) is 2.02. The summed E-state index contributed by atoms with van der Waals surface area (Å²) in [5.41, 5.74) is 9.98. The first-order valence-corrected chi connectivity index (χ1v) is 5.39. The number of ether oxygens (including phenoxy) is 1. The summed E-state index contributed by atoms with van der Waals surface area (Å²) in [6, 6.07) is 1.93. The highest BCUT2D eigenvalue weighted by Crippen LogP contribution is 2.30. The second kappa shape index (κ2) is 4.53. The third-order valence-electron chi connectivity index (χ3n) is 2.72. The van der Waals surface area contributed by atoms with Gasteiger partial charge in [-0.3, -0.25) is 4.98 Å². The molecule has 4 nitrogen and oxygen atoms in total. The van der Waals surface area contributed by atoms with Crippen LogP contribution < -0.4 is 10.6 Å². The van der Waals surface area contributed by atoms with Crippen LogP contribution in [0.4, 0.5) is 11.4 Å². The van der Waals surface area contributed by atoms with Gasteiger partial charge in [-0.15, -0.1) is 0 Å². The lowest BCUT2D eigenvalue weighted by Crippen LogP contribution is -2.14. The van der Waals surface area contributed by atoms with Gasteiger partial charge in [0, 0.05) is 20.3 Å². The Labute approximate surface area is 95.7 Å². The lowest BCUT2D eigenvalue weighted by atomic mass is 10.0. The maximum atomic E-state index is 6.13. The minimum atomic E-state index is 0.655. The molecule has 4 heteroatoms. The lowest BCUT2D eigenvalue weighted by Gasteiger charge is -2.19. The number of nitrogens with zero attached hydrogens (tertiary/aromatic N) is 2. The molecule has 0 radical (unpaired) electrons. The van der Waals surface area contributed by atoms with Gasteiger partial charge in [0.2, 0.25) is 0 Å². The van der Waals surface area contributed by atoms with Crippen molar-refractivity contribution in [2.45, 2.75) is 6.42 Å². The highest BCUT2D eigenvalue weighted by Gasteiger charge is 2.13. The van der Waals surface area contributed by atoms with E-state index in [2.05, 4.69) is 11.1 Å². The first-order valence-electron chi connectivity index (χ1n) is 5.39. The summed E-state index contributed by atoms with van der Waals surface area (Å²) in [5, 5.41) is 0. The van der Waals surface area contributed by atoms with E-state index in [0.29, 0.717) is 6.61 Å². The molecule has 0 fully saturated rings. The smallest absolute Gasteiger partial charge is 0.0910 e. The van der Waals surface area contributed by atoms with Crippen molar-refractivity contribution < 1.29 is 4.74 Å². The number of nitrogens with two attached hydrogens (primary N) is 1. The van der Waals surface area contributed by atoms with Gasteiger partial charge < -0.3 is 15.4 Å². The van der Waals surface area contributed by atoms with Gasteiger partial charge in [0.15, 0.2) is 0 Å². The van der Waals surface area contributed by atoms with Crippen molar-refractivity contribution in [3.05, 3.63) is 24.0 Å². The molecule has 0 amide bonds. The van der Waals surface area contributed by atoms with Gasteiger partial charge in [0.25, 0.3) is 0 Å². The first-order chi connectivity index (χ1) is 7.70. The van der Waals surface area contributed by atoms with Crippen molar-refractivity contribution in [3.63, 3.8) is 0 Å². The summed E-state index contributed by atoms with van der Waals surface area (Å²) in [5.74, 6) is 0. The second-order valence-electron chi connectivity index (χ2n) is 4.04. The molecule has 86 valence electrons. The molecule has 1 aliphatic rings. The van der Waals surface area contributed by atoms with Crippen LogP contribution in [0.1, 0.15) is 12.1 Å². The Kier molecular flexibility index (Phi) is 3.10. The Bertz CT molecular complexity index is 413. The van der Waals surface area contributed by atoms with E-state index in [4.69, 9.17) is 10.5 Å². The van der Waals surface area contributed by atoms with Crippen molar-refractivity contribution in [1.82, 2.24) is 4.98 Å². The van der Waals surface area contributed by atoms with Gasteiger partial charge in [-0.05, 0) is 18.1 Å². The van der Waals surface area contributed by atoms with Gasteiger partial charge in [-0.25, -0.2) is 0 Å². The number of anilines is 2. The number of pyridine rings is 1. The summed E-state index contributed by atoms with van der Waals surface area (Å²) < 4.78 is 5.28. The highest BCUT2D eigenvalue weighted by molar-refractivity contribution is 5.81. The fourth-order valence-electron chi connectivity index (χ4n) is 1.85. The van der Waals surface area contributed by atoms with E-state index < -0.39 is 0 Å². The molecule has 2 rings (SSSR count). The molecule has 0 bridgehead atoms. The molecule has 0 saturated heterocycles. The molecule has 0 aliphatic carbocycles. The van der Waals surface area contributed by atoms with Crippen LogP contribution in [0.25, 0.3) is 5.57 Å². The Morgan fingerprint density at radius 2 is 2.25 bits per heavy atom. The molecule has 1 aliphatic heterocycles. The van der Waals surface area contributed by atoms with E-state index in [1.54, 1.807) is 6.20 Å². The highest BCUT2D eigenvalue weighted by atomic mass is 16.5. The molecular formula is C12H17N3O. The van der Waals surface area contributed by atoms with Gasteiger partial charge in [-0.2, -0.15) is 0 Å². The molecule has 2 N–H and O–H groups in total.